The second kappa shape index (κ2) is 7.21. The number of benzene rings is 1. The fraction of sp³-hybridized carbons (Fsp3) is 0.158. The van der Waals surface area contributed by atoms with E-state index in [1.165, 1.54) is 5.01 Å². The maximum absolute atomic E-state index is 12.8. The van der Waals surface area contributed by atoms with Gasteiger partial charge in [0, 0.05) is 16.6 Å². The van der Waals surface area contributed by atoms with Crippen LogP contribution in [0.15, 0.2) is 79.5 Å². The largest absolute Gasteiger partial charge is 0.467 e. The summed E-state index contributed by atoms with van der Waals surface area (Å²) in [6.45, 7) is 0.133. The van der Waals surface area contributed by atoms with Gasteiger partial charge in [0.05, 0.1) is 19.1 Å². The van der Waals surface area contributed by atoms with Gasteiger partial charge >= 0.3 is 0 Å². The number of nitrogens with one attached hydrogen (secondary N) is 1. The van der Waals surface area contributed by atoms with Gasteiger partial charge in [-0.15, -0.1) is 0 Å². The lowest BCUT2D eigenvalue weighted by atomic mass is 10.1. The Bertz CT molecular complexity index is 902. The molecule has 0 fully saturated rings. The van der Waals surface area contributed by atoms with Gasteiger partial charge in [0.25, 0.3) is 5.91 Å². The minimum atomic E-state index is -0.274. The molecule has 0 aliphatic carbocycles. The molecule has 3 heterocycles. The topological polar surface area (TPSA) is 71.0 Å². The third kappa shape index (κ3) is 3.43. The van der Waals surface area contributed by atoms with Crippen molar-refractivity contribution in [3.05, 3.63) is 77.1 Å². The first kappa shape index (κ1) is 16.7. The SMILES string of the molecule is O=C(CNc1ccc(Br)cc1)N1N=C(c2ccco2)C[C@@H]1c1ccco1. The molecule has 0 saturated heterocycles. The van der Waals surface area contributed by atoms with Crippen LogP contribution in [0.5, 0.6) is 0 Å². The lowest BCUT2D eigenvalue weighted by Crippen LogP contribution is -2.32. The van der Waals surface area contributed by atoms with E-state index in [1.807, 2.05) is 42.5 Å². The summed E-state index contributed by atoms with van der Waals surface area (Å²) in [5.74, 6) is 1.22. The van der Waals surface area contributed by atoms with Gasteiger partial charge in [0.15, 0.2) is 0 Å². The highest BCUT2D eigenvalue weighted by atomic mass is 79.9. The predicted molar refractivity (Wildman–Crippen MR) is 101 cm³/mol. The molecule has 1 aliphatic rings. The molecule has 1 N–H and O–H groups in total. The van der Waals surface area contributed by atoms with Crippen molar-refractivity contribution in [2.24, 2.45) is 5.10 Å². The number of furan rings is 2. The molecule has 0 bridgehead atoms. The fourth-order valence-corrected chi connectivity index (χ4v) is 3.13. The average Bonchev–Trinajstić information content (AvgIpc) is 3.41. The summed E-state index contributed by atoms with van der Waals surface area (Å²) in [6.07, 6.45) is 3.74. The number of hydrogen-bond acceptors (Lipinski definition) is 5. The van der Waals surface area contributed by atoms with Crippen LogP contribution >= 0.6 is 15.9 Å². The van der Waals surface area contributed by atoms with Gasteiger partial charge < -0.3 is 14.2 Å². The lowest BCUT2D eigenvalue weighted by molar-refractivity contribution is -0.131. The highest BCUT2D eigenvalue weighted by Gasteiger charge is 2.35. The molecule has 1 amide bonds. The summed E-state index contributed by atoms with van der Waals surface area (Å²) in [5.41, 5.74) is 1.60. The number of hydrazone groups is 1. The molecule has 132 valence electrons. The maximum atomic E-state index is 12.8. The van der Waals surface area contributed by atoms with E-state index in [9.17, 15) is 4.79 Å². The molecule has 0 spiro atoms. The Hall–Kier alpha value is -2.80. The first-order valence-electron chi connectivity index (χ1n) is 8.17. The Balaban J connectivity index is 1.52. The highest BCUT2D eigenvalue weighted by molar-refractivity contribution is 9.10. The molecule has 1 atom stereocenters. The predicted octanol–water partition coefficient (Wildman–Crippen LogP) is 4.42. The lowest BCUT2D eigenvalue weighted by Gasteiger charge is -2.20. The van der Waals surface area contributed by atoms with Gasteiger partial charge in [-0.1, -0.05) is 15.9 Å². The first-order chi connectivity index (χ1) is 12.7. The van der Waals surface area contributed by atoms with Gasteiger partial charge in [0.2, 0.25) is 0 Å². The summed E-state index contributed by atoms with van der Waals surface area (Å²) in [5, 5.41) is 9.10. The van der Waals surface area contributed by atoms with E-state index in [4.69, 9.17) is 8.83 Å². The third-order valence-electron chi connectivity index (χ3n) is 4.13. The van der Waals surface area contributed by atoms with E-state index in [0.717, 1.165) is 15.9 Å². The monoisotopic (exact) mass is 413 g/mol. The van der Waals surface area contributed by atoms with Crippen LogP contribution in [0.1, 0.15) is 24.0 Å². The van der Waals surface area contributed by atoms with Crippen molar-refractivity contribution in [3.63, 3.8) is 0 Å². The van der Waals surface area contributed by atoms with Crippen molar-refractivity contribution in [3.8, 4) is 0 Å². The summed E-state index contributed by atoms with van der Waals surface area (Å²) in [7, 11) is 0. The van der Waals surface area contributed by atoms with Crippen molar-refractivity contribution >= 4 is 33.2 Å². The van der Waals surface area contributed by atoms with Crippen LogP contribution in [0, 0.1) is 0 Å². The smallest absolute Gasteiger partial charge is 0.262 e. The van der Waals surface area contributed by atoms with E-state index in [1.54, 1.807) is 18.6 Å². The number of carbonyl (C=O) groups excluding carboxylic acids is 1. The second-order valence-corrected chi connectivity index (χ2v) is 6.77. The molecule has 26 heavy (non-hydrogen) atoms. The normalized spacial score (nSPS) is 16.6. The van der Waals surface area contributed by atoms with E-state index in [-0.39, 0.29) is 18.5 Å². The zero-order valence-corrected chi connectivity index (χ0v) is 15.3. The van der Waals surface area contributed by atoms with Crippen molar-refractivity contribution in [2.45, 2.75) is 12.5 Å². The zero-order chi connectivity index (χ0) is 17.9. The fourth-order valence-electron chi connectivity index (χ4n) is 2.86. The summed E-state index contributed by atoms with van der Waals surface area (Å²) in [4.78, 5) is 12.8. The van der Waals surface area contributed by atoms with Crippen LogP contribution in [-0.2, 0) is 4.79 Å². The summed E-state index contributed by atoms with van der Waals surface area (Å²) >= 11 is 3.39. The minimum Gasteiger partial charge on any atom is -0.467 e. The van der Waals surface area contributed by atoms with Crippen LogP contribution in [0.3, 0.4) is 0 Å². The minimum absolute atomic E-state index is 0.133. The molecule has 1 aliphatic heterocycles. The van der Waals surface area contributed by atoms with Crippen molar-refractivity contribution in [1.29, 1.82) is 0 Å². The van der Waals surface area contributed by atoms with Crippen LogP contribution in [-0.4, -0.2) is 23.2 Å². The molecule has 4 rings (SSSR count). The molecule has 0 saturated carbocycles. The van der Waals surface area contributed by atoms with E-state index in [2.05, 4.69) is 26.3 Å². The zero-order valence-electron chi connectivity index (χ0n) is 13.8. The number of hydrogen-bond donors (Lipinski definition) is 1. The second-order valence-electron chi connectivity index (χ2n) is 5.86. The van der Waals surface area contributed by atoms with E-state index in [0.29, 0.717) is 17.9 Å². The molecule has 0 unspecified atom stereocenters. The molecule has 6 nitrogen and oxygen atoms in total. The number of carbonyl (C=O) groups is 1. The van der Waals surface area contributed by atoms with Crippen molar-refractivity contribution in [1.82, 2.24) is 5.01 Å². The van der Waals surface area contributed by atoms with Gasteiger partial charge in [-0.3, -0.25) is 4.79 Å². The molecular weight excluding hydrogens is 398 g/mol. The van der Waals surface area contributed by atoms with Crippen molar-refractivity contribution < 1.29 is 13.6 Å². The van der Waals surface area contributed by atoms with Gasteiger partial charge in [0.1, 0.15) is 23.3 Å². The van der Waals surface area contributed by atoms with Crippen LogP contribution in [0.2, 0.25) is 0 Å². The van der Waals surface area contributed by atoms with Gasteiger partial charge in [-0.2, -0.15) is 5.10 Å². The maximum Gasteiger partial charge on any atom is 0.262 e. The summed E-state index contributed by atoms with van der Waals surface area (Å²) < 4.78 is 11.9. The van der Waals surface area contributed by atoms with Crippen LogP contribution in [0.4, 0.5) is 5.69 Å². The molecule has 3 aromatic rings. The molecule has 0 radical (unpaired) electrons. The van der Waals surface area contributed by atoms with E-state index < -0.39 is 0 Å². The number of nitrogens with zero attached hydrogens (tertiary/aromatic N) is 2. The van der Waals surface area contributed by atoms with E-state index >= 15 is 0 Å². The third-order valence-corrected chi connectivity index (χ3v) is 4.66. The Morgan fingerprint density at radius 3 is 2.62 bits per heavy atom. The standard InChI is InChI=1S/C19H16BrN3O3/c20-13-5-7-14(8-6-13)21-12-19(24)23-16(18-4-2-10-26-18)11-15(22-23)17-3-1-9-25-17/h1-10,16,21H,11-12H2/t16-/m1/s1. The Morgan fingerprint density at radius 2 is 1.92 bits per heavy atom. The molecular formula is C19H16BrN3O3. The number of rotatable bonds is 5. The molecule has 1 aromatic carbocycles. The number of amides is 1. The Kier molecular flexibility index (Phi) is 4.62. The molecule has 2 aromatic heterocycles. The Morgan fingerprint density at radius 1 is 1.15 bits per heavy atom. The van der Waals surface area contributed by atoms with Gasteiger partial charge in [-0.25, -0.2) is 5.01 Å². The van der Waals surface area contributed by atoms with Crippen LogP contribution < -0.4 is 5.32 Å². The summed E-state index contributed by atoms with van der Waals surface area (Å²) in [6, 6.07) is 14.7. The average molecular weight is 414 g/mol. The van der Waals surface area contributed by atoms with Crippen molar-refractivity contribution in [2.75, 3.05) is 11.9 Å². The molecule has 7 heteroatoms. The first-order valence-corrected chi connectivity index (χ1v) is 8.96. The quantitative estimate of drug-likeness (QED) is 0.671. The van der Waals surface area contributed by atoms with Gasteiger partial charge in [-0.05, 0) is 48.5 Å². The number of halogens is 1. The Labute approximate surface area is 158 Å². The van der Waals surface area contributed by atoms with Crippen LogP contribution in [0.25, 0.3) is 0 Å². The number of anilines is 1. The highest BCUT2D eigenvalue weighted by Crippen LogP contribution is 2.33.